The van der Waals surface area contributed by atoms with Gasteiger partial charge in [0.05, 0.1) is 0 Å². The third kappa shape index (κ3) is 3.32. The van der Waals surface area contributed by atoms with Gasteiger partial charge in [-0.1, -0.05) is 6.92 Å². The third-order valence-electron chi connectivity index (χ3n) is 3.94. The summed E-state index contributed by atoms with van der Waals surface area (Å²) in [7, 11) is 2.07. The molecule has 104 valence electrons. The predicted molar refractivity (Wildman–Crippen MR) is 77.8 cm³/mol. The fourth-order valence-electron chi connectivity index (χ4n) is 2.75. The smallest absolute Gasteiger partial charge is 0.161 e. The number of aromatic nitrogens is 1. The molecule has 1 fully saturated rings. The topological polar surface area (TPSA) is 36.4 Å². The van der Waals surface area contributed by atoms with Crippen molar-refractivity contribution in [2.75, 3.05) is 31.6 Å². The molecule has 4 nitrogen and oxygen atoms in total. The lowest BCUT2D eigenvalue weighted by Crippen LogP contribution is -2.39. The average Bonchev–Trinajstić information content (AvgIpc) is 2.86. The second kappa shape index (κ2) is 6.15. The number of likely N-dealkylation sites (N-methyl/N-ethyl adjacent to an activating group) is 2. The number of Topliss-reactive ketones (excluding diaryl/α,β-unsaturated/α-hetero) is 1. The Bertz CT molecular complexity index is 430. The molecule has 2 rings (SSSR count). The van der Waals surface area contributed by atoms with Gasteiger partial charge < -0.3 is 4.90 Å². The molecule has 1 aliphatic rings. The molecule has 19 heavy (non-hydrogen) atoms. The van der Waals surface area contributed by atoms with Crippen LogP contribution in [0.1, 0.15) is 37.0 Å². The van der Waals surface area contributed by atoms with Crippen LogP contribution < -0.4 is 4.90 Å². The first kappa shape index (κ1) is 14.0. The first-order valence-corrected chi connectivity index (χ1v) is 7.04. The molecule has 0 aliphatic carbocycles. The lowest BCUT2D eigenvalue weighted by molar-refractivity contribution is 0.101. The summed E-state index contributed by atoms with van der Waals surface area (Å²) in [6, 6.07) is 4.42. The molecule has 1 aromatic heterocycles. The average molecular weight is 261 g/mol. The van der Waals surface area contributed by atoms with Crippen LogP contribution in [0.15, 0.2) is 18.3 Å². The van der Waals surface area contributed by atoms with Gasteiger partial charge in [0, 0.05) is 31.4 Å². The van der Waals surface area contributed by atoms with Gasteiger partial charge in [0.25, 0.3) is 0 Å². The van der Waals surface area contributed by atoms with E-state index in [1.165, 1.54) is 19.4 Å². The standard InChI is InChI=1S/C15H23N3O/c1-4-18-9-5-6-14(18)11-17(3)15-8-7-13(10-16-15)12(2)19/h7-8,10,14H,4-6,9,11H2,1-3H3. The van der Waals surface area contributed by atoms with Crippen molar-refractivity contribution in [3.8, 4) is 0 Å². The summed E-state index contributed by atoms with van der Waals surface area (Å²) >= 11 is 0. The molecule has 0 amide bonds. The zero-order valence-corrected chi connectivity index (χ0v) is 12.1. The molecule has 1 atom stereocenters. The van der Waals surface area contributed by atoms with Gasteiger partial charge in [-0.25, -0.2) is 4.98 Å². The molecule has 1 aromatic rings. The number of hydrogen-bond donors (Lipinski definition) is 0. The minimum Gasteiger partial charge on any atom is -0.358 e. The second-order valence-corrected chi connectivity index (χ2v) is 5.27. The van der Waals surface area contributed by atoms with E-state index in [2.05, 4.69) is 28.8 Å². The van der Waals surface area contributed by atoms with E-state index in [9.17, 15) is 4.79 Å². The van der Waals surface area contributed by atoms with Gasteiger partial charge in [-0.2, -0.15) is 0 Å². The molecule has 0 N–H and O–H groups in total. The SMILES string of the molecule is CCN1CCCC1CN(C)c1ccc(C(C)=O)cn1. The van der Waals surface area contributed by atoms with Crippen molar-refractivity contribution >= 4 is 11.6 Å². The van der Waals surface area contributed by atoms with Gasteiger partial charge in [0.15, 0.2) is 5.78 Å². The molecule has 4 heteroatoms. The van der Waals surface area contributed by atoms with Crippen LogP contribution in [0.2, 0.25) is 0 Å². The first-order valence-electron chi connectivity index (χ1n) is 7.04. The highest BCUT2D eigenvalue weighted by Crippen LogP contribution is 2.19. The van der Waals surface area contributed by atoms with Crippen molar-refractivity contribution in [1.29, 1.82) is 0 Å². The lowest BCUT2D eigenvalue weighted by Gasteiger charge is -2.28. The van der Waals surface area contributed by atoms with E-state index in [0.29, 0.717) is 11.6 Å². The fourth-order valence-corrected chi connectivity index (χ4v) is 2.75. The molecule has 0 spiro atoms. The molecule has 1 saturated heterocycles. The van der Waals surface area contributed by atoms with E-state index in [4.69, 9.17) is 0 Å². The Morgan fingerprint density at radius 3 is 2.89 bits per heavy atom. The molecule has 0 saturated carbocycles. The number of anilines is 1. The molecule has 2 heterocycles. The number of hydrogen-bond acceptors (Lipinski definition) is 4. The first-order chi connectivity index (χ1) is 9.11. The van der Waals surface area contributed by atoms with Gasteiger partial charge in [-0.05, 0) is 45.0 Å². The van der Waals surface area contributed by atoms with Crippen molar-refractivity contribution in [2.24, 2.45) is 0 Å². The van der Waals surface area contributed by atoms with Crippen molar-refractivity contribution < 1.29 is 4.79 Å². The van der Waals surface area contributed by atoms with Crippen LogP contribution in [0.5, 0.6) is 0 Å². The van der Waals surface area contributed by atoms with Crippen molar-refractivity contribution in [3.63, 3.8) is 0 Å². The van der Waals surface area contributed by atoms with Gasteiger partial charge >= 0.3 is 0 Å². The van der Waals surface area contributed by atoms with Gasteiger partial charge in [0.1, 0.15) is 5.82 Å². The van der Waals surface area contributed by atoms with E-state index in [1.54, 1.807) is 13.1 Å². The van der Waals surface area contributed by atoms with Crippen LogP contribution in [0.3, 0.4) is 0 Å². The van der Waals surface area contributed by atoms with E-state index in [1.807, 2.05) is 12.1 Å². The monoisotopic (exact) mass is 261 g/mol. The zero-order valence-electron chi connectivity index (χ0n) is 12.1. The lowest BCUT2D eigenvalue weighted by atomic mass is 10.2. The summed E-state index contributed by atoms with van der Waals surface area (Å²) in [5.74, 6) is 1.00. The number of carbonyl (C=O) groups is 1. The van der Waals surface area contributed by atoms with Crippen molar-refractivity contribution in [3.05, 3.63) is 23.9 Å². The second-order valence-electron chi connectivity index (χ2n) is 5.27. The Morgan fingerprint density at radius 1 is 1.53 bits per heavy atom. The summed E-state index contributed by atoms with van der Waals surface area (Å²) in [5.41, 5.74) is 0.674. The molecule has 0 radical (unpaired) electrons. The Balaban J connectivity index is 1.99. The maximum atomic E-state index is 11.2. The van der Waals surface area contributed by atoms with Gasteiger partial charge in [0.2, 0.25) is 0 Å². The van der Waals surface area contributed by atoms with Crippen molar-refractivity contribution in [2.45, 2.75) is 32.7 Å². The number of ketones is 1. The minimum atomic E-state index is 0.0645. The minimum absolute atomic E-state index is 0.0645. The summed E-state index contributed by atoms with van der Waals surface area (Å²) in [6.45, 7) is 7.12. The van der Waals surface area contributed by atoms with Crippen LogP contribution in [0.25, 0.3) is 0 Å². The molecular formula is C15H23N3O. The Kier molecular flexibility index (Phi) is 4.53. The van der Waals surface area contributed by atoms with E-state index in [0.717, 1.165) is 18.9 Å². The third-order valence-corrected chi connectivity index (χ3v) is 3.94. The Labute approximate surface area is 115 Å². The Hall–Kier alpha value is -1.42. The van der Waals surface area contributed by atoms with E-state index < -0.39 is 0 Å². The predicted octanol–water partition coefficient (Wildman–Crippen LogP) is 2.20. The number of nitrogens with zero attached hydrogens (tertiary/aromatic N) is 3. The van der Waals surface area contributed by atoms with Crippen LogP contribution in [0, 0.1) is 0 Å². The summed E-state index contributed by atoms with van der Waals surface area (Å²) in [4.78, 5) is 20.3. The summed E-state index contributed by atoms with van der Waals surface area (Å²) in [6.07, 6.45) is 4.23. The molecule has 0 bridgehead atoms. The van der Waals surface area contributed by atoms with Crippen LogP contribution in [0.4, 0.5) is 5.82 Å². The largest absolute Gasteiger partial charge is 0.358 e. The van der Waals surface area contributed by atoms with Crippen LogP contribution >= 0.6 is 0 Å². The Morgan fingerprint density at radius 2 is 2.32 bits per heavy atom. The highest BCUT2D eigenvalue weighted by molar-refractivity contribution is 5.93. The summed E-state index contributed by atoms with van der Waals surface area (Å²) in [5, 5.41) is 0. The molecule has 1 aliphatic heterocycles. The van der Waals surface area contributed by atoms with Crippen LogP contribution in [-0.4, -0.2) is 48.4 Å². The highest BCUT2D eigenvalue weighted by atomic mass is 16.1. The maximum Gasteiger partial charge on any atom is 0.161 e. The quantitative estimate of drug-likeness (QED) is 0.761. The number of pyridine rings is 1. The van der Waals surface area contributed by atoms with E-state index >= 15 is 0 Å². The molecule has 1 unspecified atom stereocenters. The normalized spacial score (nSPS) is 19.6. The van der Waals surface area contributed by atoms with Crippen LogP contribution in [-0.2, 0) is 0 Å². The molecule has 0 aromatic carbocycles. The molecular weight excluding hydrogens is 238 g/mol. The highest BCUT2D eigenvalue weighted by Gasteiger charge is 2.24. The van der Waals surface area contributed by atoms with Gasteiger partial charge in [-0.3, -0.25) is 9.69 Å². The zero-order chi connectivity index (χ0) is 13.8. The number of carbonyl (C=O) groups excluding carboxylic acids is 1. The number of likely N-dealkylation sites (tertiary alicyclic amines) is 1. The van der Waals surface area contributed by atoms with Gasteiger partial charge in [-0.15, -0.1) is 0 Å². The maximum absolute atomic E-state index is 11.2. The van der Waals surface area contributed by atoms with Crippen molar-refractivity contribution in [1.82, 2.24) is 9.88 Å². The number of rotatable bonds is 5. The fraction of sp³-hybridized carbons (Fsp3) is 0.600. The van der Waals surface area contributed by atoms with E-state index in [-0.39, 0.29) is 5.78 Å². The summed E-state index contributed by atoms with van der Waals surface area (Å²) < 4.78 is 0.